The number of amides is 1. The fourth-order valence-corrected chi connectivity index (χ4v) is 5.48. The monoisotopic (exact) mass is 760 g/mol. The van der Waals surface area contributed by atoms with Gasteiger partial charge >= 0.3 is 5.91 Å². The molecule has 0 spiro atoms. The Morgan fingerprint density at radius 2 is 1.85 bits per heavy atom. The highest BCUT2D eigenvalue weighted by atomic mass is 127. The summed E-state index contributed by atoms with van der Waals surface area (Å²) >= 11 is 12.5. The second kappa shape index (κ2) is 11.2. The van der Waals surface area contributed by atoms with Crippen molar-refractivity contribution in [2.75, 3.05) is 7.11 Å². The highest BCUT2D eigenvalue weighted by Crippen LogP contribution is 2.34. The minimum atomic E-state index is -0.452. The van der Waals surface area contributed by atoms with Crippen molar-refractivity contribution in [1.29, 1.82) is 0 Å². The molecule has 0 saturated heterocycles. The van der Waals surface area contributed by atoms with Crippen molar-refractivity contribution < 1.29 is 18.7 Å². The SMILES string of the molecule is COc1cc(/C=N\NC(=O)c2cc3cc(Br)cc(Br)c3o2)cc(I)c1OCc1ccc(Br)cc1. The third-order valence-corrected chi connectivity index (χ3v) is 7.06. The Bertz CT molecular complexity index is 1390. The lowest BCUT2D eigenvalue weighted by Crippen LogP contribution is -2.16. The molecule has 0 aliphatic heterocycles. The van der Waals surface area contributed by atoms with Gasteiger partial charge in [-0.2, -0.15) is 5.10 Å². The number of benzene rings is 3. The van der Waals surface area contributed by atoms with Crippen LogP contribution < -0.4 is 14.9 Å². The fourth-order valence-electron chi connectivity index (χ4n) is 3.10. The largest absolute Gasteiger partial charge is 0.493 e. The smallest absolute Gasteiger partial charge is 0.307 e. The summed E-state index contributed by atoms with van der Waals surface area (Å²) in [6.45, 7) is 0.410. The van der Waals surface area contributed by atoms with Crippen LogP contribution in [0.4, 0.5) is 0 Å². The van der Waals surface area contributed by atoms with Crippen LogP contribution >= 0.6 is 70.4 Å². The van der Waals surface area contributed by atoms with Crippen LogP contribution in [0.1, 0.15) is 21.7 Å². The highest BCUT2D eigenvalue weighted by molar-refractivity contribution is 14.1. The third-order valence-electron chi connectivity index (χ3n) is 4.69. The Hall–Kier alpha value is -1.89. The zero-order valence-corrected chi connectivity index (χ0v) is 24.5. The number of hydrogen-bond donors (Lipinski definition) is 1. The fraction of sp³-hybridized carbons (Fsp3) is 0.0833. The summed E-state index contributed by atoms with van der Waals surface area (Å²) in [4.78, 5) is 12.5. The van der Waals surface area contributed by atoms with Crippen LogP contribution in [0, 0.1) is 3.57 Å². The van der Waals surface area contributed by atoms with E-state index in [1.54, 1.807) is 19.2 Å². The Balaban J connectivity index is 1.45. The van der Waals surface area contributed by atoms with Crippen LogP contribution in [0.25, 0.3) is 11.0 Å². The lowest BCUT2D eigenvalue weighted by molar-refractivity contribution is 0.0929. The summed E-state index contributed by atoms with van der Waals surface area (Å²) < 4.78 is 20.7. The van der Waals surface area contributed by atoms with Crippen LogP contribution in [0.15, 0.2) is 77.5 Å². The number of halogens is 4. The van der Waals surface area contributed by atoms with Gasteiger partial charge < -0.3 is 13.9 Å². The van der Waals surface area contributed by atoms with Crippen molar-refractivity contribution >= 4 is 93.5 Å². The molecule has 1 aromatic heterocycles. The minimum Gasteiger partial charge on any atom is -0.493 e. The number of methoxy groups -OCH3 is 1. The van der Waals surface area contributed by atoms with Crippen LogP contribution in [-0.4, -0.2) is 19.2 Å². The van der Waals surface area contributed by atoms with E-state index in [0.717, 1.165) is 33.5 Å². The average Bonchev–Trinajstić information content (AvgIpc) is 3.23. The highest BCUT2D eigenvalue weighted by Gasteiger charge is 2.15. The number of ether oxygens (including phenoxy) is 2. The number of nitrogens with zero attached hydrogens (tertiary/aromatic N) is 1. The molecule has 0 unspecified atom stereocenters. The lowest BCUT2D eigenvalue weighted by Gasteiger charge is -2.13. The van der Waals surface area contributed by atoms with E-state index in [4.69, 9.17) is 13.9 Å². The molecule has 34 heavy (non-hydrogen) atoms. The van der Waals surface area contributed by atoms with Gasteiger partial charge in [-0.05, 0) is 92.1 Å². The van der Waals surface area contributed by atoms with Gasteiger partial charge in [0.05, 0.1) is 21.4 Å². The van der Waals surface area contributed by atoms with E-state index in [0.29, 0.717) is 23.7 Å². The van der Waals surface area contributed by atoms with Gasteiger partial charge in [0.1, 0.15) is 12.2 Å². The van der Waals surface area contributed by atoms with Gasteiger partial charge in [-0.25, -0.2) is 5.43 Å². The number of fused-ring (bicyclic) bond motifs is 1. The van der Waals surface area contributed by atoms with E-state index in [1.807, 2.05) is 42.5 Å². The molecule has 4 aromatic rings. The number of carbonyl (C=O) groups excluding carboxylic acids is 1. The van der Waals surface area contributed by atoms with Gasteiger partial charge in [-0.1, -0.05) is 44.0 Å². The quantitative estimate of drug-likeness (QED) is 0.119. The first-order chi connectivity index (χ1) is 16.3. The maximum Gasteiger partial charge on any atom is 0.307 e. The standard InChI is InChI=1S/C24H16Br3IN2O4/c1-32-20-7-14(6-19(28)23(20)33-12-13-2-4-16(25)5-3-13)11-29-30-24(31)21-9-15-8-17(26)10-18(27)22(15)34-21/h2-11H,12H2,1H3,(H,30,31)/b29-11-. The van der Waals surface area contributed by atoms with E-state index in [-0.39, 0.29) is 5.76 Å². The predicted molar refractivity (Wildman–Crippen MR) is 151 cm³/mol. The Morgan fingerprint density at radius 1 is 1.09 bits per heavy atom. The first kappa shape index (κ1) is 25.2. The van der Waals surface area contributed by atoms with Crippen molar-refractivity contribution in [3.05, 3.63) is 88.5 Å². The summed E-state index contributed by atoms with van der Waals surface area (Å²) in [5.74, 6) is 0.928. The van der Waals surface area contributed by atoms with Gasteiger partial charge in [-0.15, -0.1) is 0 Å². The molecular weight excluding hydrogens is 747 g/mol. The maximum atomic E-state index is 12.5. The Kier molecular flexibility index (Phi) is 8.33. The summed E-state index contributed by atoms with van der Waals surface area (Å²) in [7, 11) is 1.58. The van der Waals surface area contributed by atoms with Crippen LogP contribution in [-0.2, 0) is 6.61 Å². The molecule has 4 rings (SSSR count). The van der Waals surface area contributed by atoms with Gasteiger partial charge in [0, 0.05) is 14.3 Å². The number of hydrazone groups is 1. The molecule has 1 N–H and O–H groups in total. The molecule has 1 amide bonds. The number of nitrogens with one attached hydrogen (secondary N) is 1. The molecule has 0 aliphatic rings. The van der Waals surface area contributed by atoms with E-state index in [2.05, 4.69) is 80.9 Å². The van der Waals surface area contributed by atoms with Gasteiger partial charge in [0.25, 0.3) is 0 Å². The summed E-state index contributed by atoms with van der Waals surface area (Å²) in [6, 6.07) is 17.0. The second-order valence-electron chi connectivity index (χ2n) is 7.06. The zero-order chi connectivity index (χ0) is 24.2. The topological polar surface area (TPSA) is 73.1 Å². The van der Waals surface area contributed by atoms with Gasteiger partial charge in [0.15, 0.2) is 17.3 Å². The predicted octanol–water partition coefficient (Wildman–Crippen LogP) is 7.68. The van der Waals surface area contributed by atoms with Gasteiger partial charge in [0.2, 0.25) is 0 Å². The molecular formula is C24H16Br3IN2O4. The van der Waals surface area contributed by atoms with E-state index in [1.165, 1.54) is 6.21 Å². The molecule has 174 valence electrons. The molecule has 3 aromatic carbocycles. The van der Waals surface area contributed by atoms with E-state index in [9.17, 15) is 4.79 Å². The van der Waals surface area contributed by atoms with Crippen LogP contribution in [0.2, 0.25) is 0 Å². The second-order valence-corrected chi connectivity index (χ2v) is 10.9. The number of furan rings is 1. The number of carbonyl (C=O) groups is 1. The summed E-state index contributed by atoms with van der Waals surface area (Å²) in [5, 5.41) is 4.87. The van der Waals surface area contributed by atoms with Crippen molar-refractivity contribution in [3.63, 3.8) is 0 Å². The average molecular weight is 763 g/mol. The molecule has 0 atom stereocenters. The van der Waals surface area contributed by atoms with E-state index >= 15 is 0 Å². The first-order valence-corrected chi connectivity index (χ1v) is 13.3. The molecule has 1 heterocycles. The summed E-state index contributed by atoms with van der Waals surface area (Å²) in [5.41, 5.74) is 4.87. The van der Waals surface area contributed by atoms with Gasteiger partial charge in [-0.3, -0.25) is 4.79 Å². The van der Waals surface area contributed by atoms with Crippen LogP contribution in [0.5, 0.6) is 11.5 Å². The van der Waals surface area contributed by atoms with Crippen molar-refractivity contribution in [2.45, 2.75) is 6.61 Å². The molecule has 6 nitrogen and oxygen atoms in total. The molecule has 0 saturated carbocycles. The third kappa shape index (κ3) is 6.02. The van der Waals surface area contributed by atoms with Crippen molar-refractivity contribution in [3.8, 4) is 11.5 Å². The Labute approximate surface area is 234 Å². The van der Waals surface area contributed by atoms with E-state index < -0.39 is 5.91 Å². The van der Waals surface area contributed by atoms with Crippen molar-refractivity contribution in [1.82, 2.24) is 5.43 Å². The number of rotatable bonds is 7. The van der Waals surface area contributed by atoms with Crippen LogP contribution in [0.3, 0.4) is 0 Å². The van der Waals surface area contributed by atoms with Crippen molar-refractivity contribution in [2.24, 2.45) is 5.10 Å². The first-order valence-electron chi connectivity index (χ1n) is 9.81. The Morgan fingerprint density at radius 3 is 2.59 bits per heavy atom. The summed E-state index contributed by atoms with van der Waals surface area (Å²) in [6.07, 6.45) is 1.54. The molecule has 10 heteroatoms. The maximum absolute atomic E-state index is 12.5. The lowest BCUT2D eigenvalue weighted by atomic mass is 10.2. The zero-order valence-electron chi connectivity index (χ0n) is 17.6. The number of hydrogen-bond acceptors (Lipinski definition) is 5. The minimum absolute atomic E-state index is 0.162. The normalized spacial score (nSPS) is 11.2. The molecule has 0 radical (unpaired) electrons. The molecule has 0 aliphatic carbocycles. The molecule has 0 fully saturated rings. The molecule has 0 bridgehead atoms.